The number of pyridine rings is 1. The lowest BCUT2D eigenvalue weighted by molar-refractivity contribution is -0.149. The number of carboxylic acids is 1. The van der Waals surface area contributed by atoms with Crippen LogP contribution in [0.3, 0.4) is 0 Å². The molecule has 130 valence electrons. The van der Waals surface area contributed by atoms with Crippen LogP contribution in [0.15, 0.2) is 30.6 Å². The van der Waals surface area contributed by atoms with Crippen molar-refractivity contribution in [2.45, 2.75) is 25.8 Å². The molecule has 0 bridgehead atoms. The maximum absolute atomic E-state index is 12.7. The largest absolute Gasteiger partial charge is 0.481 e. The maximum atomic E-state index is 12.7. The third-order valence-corrected chi connectivity index (χ3v) is 5.39. The number of nitrogens with zero attached hydrogens (tertiary/aromatic N) is 5. The molecule has 2 atom stereocenters. The number of aliphatic carboxylic acids is 1. The van der Waals surface area contributed by atoms with Crippen molar-refractivity contribution in [2.24, 2.45) is 11.3 Å². The molecule has 1 aliphatic carbocycles. The van der Waals surface area contributed by atoms with Gasteiger partial charge in [0.25, 0.3) is 5.91 Å². The second-order valence-corrected chi connectivity index (χ2v) is 6.86. The molecule has 2 fully saturated rings. The predicted molar refractivity (Wildman–Crippen MR) is 86.7 cm³/mol. The van der Waals surface area contributed by atoms with Gasteiger partial charge in [-0.25, -0.2) is 4.68 Å². The topological polar surface area (TPSA) is 101 Å². The Labute approximate surface area is 144 Å². The third-order valence-electron chi connectivity index (χ3n) is 5.39. The summed E-state index contributed by atoms with van der Waals surface area (Å²) in [5.74, 6) is -0.996. The predicted octanol–water partition coefficient (Wildman–Crippen LogP) is 1.05. The van der Waals surface area contributed by atoms with Crippen LogP contribution in [-0.2, 0) is 11.3 Å². The summed E-state index contributed by atoms with van der Waals surface area (Å²) in [6, 6.07) is 5.60. The zero-order chi connectivity index (χ0) is 17.4. The van der Waals surface area contributed by atoms with E-state index in [1.807, 2.05) is 18.2 Å². The minimum atomic E-state index is -0.788. The standard InChI is InChI=1S/C17H19N5O3/c23-15(21-8-12-4-3-6-17(12,11-21)16(24)25)14-10-22(20-19-14)9-13-5-1-2-7-18-13/h1-2,5,7,10,12H,3-4,6,8-9,11H2,(H,24,25)/t12-,17+/m0/s1. The van der Waals surface area contributed by atoms with Crippen molar-refractivity contribution < 1.29 is 14.7 Å². The Morgan fingerprint density at radius 1 is 1.36 bits per heavy atom. The number of rotatable bonds is 4. The van der Waals surface area contributed by atoms with Gasteiger partial charge in [-0.3, -0.25) is 14.6 Å². The average Bonchev–Trinajstić information content (AvgIpc) is 3.29. The number of hydrogen-bond donors (Lipinski definition) is 1. The van der Waals surface area contributed by atoms with Crippen LogP contribution in [0.1, 0.15) is 35.4 Å². The molecule has 4 rings (SSSR count). The smallest absolute Gasteiger partial charge is 0.311 e. The Balaban J connectivity index is 1.48. The SMILES string of the molecule is O=C(c1cn(Cc2ccccn2)nn1)N1C[C@@H]2CCC[C@@]2(C(=O)O)C1. The van der Waals surface area contributed by atoms with E-state index in [-0.39, 0.29) is 24.1 Å². The van der Waals surface area contributed by atoms with E-state index in [4.69, 9.17) is 0 Å². The van der Waals surface area contributed by atoms with E-state index in [1.165, 1.54) is 0 Å². The number of fused-ring (bicyclic) bond motifs is 1. The van der Waals surface area contributed by atoms with Gasteiger partial charge in [-0.05, 0) is 30.9 Å². The fourth-order valence-corrected chi connectivity index (χ4v) is 4.09. The molecule has 1 aliphatic heterocycles. The summed E-state index contributed by atoms with van der Waals surface area (Å²) in [6.07, 6.45) is 5.72. The Bertz CT molecular complexity index is 806. The van der Waals surface area contributed by atoms with Crippen molar-refractivity contribution in [2.75, 3.05) is 13.1 Å². The monoisotopic (exact) mass is 341 g/mol. The highest BCUT2D eigenvalue weighted by Gasteiger charge is 2.56. The molecule has 0 aromatic carbocycles. The second-order valence-electron chi connectivity index (χ2n) is 6.86. The van der Waals surface area contributed by atoms with Gasteiger partial charge in [-0.15, -0.1) is 5.10 Å². The number of carboxylic acid groups (broad SMARTS) is 1. The van der Waals surface area contributed by atoms with Gasteiger partial charge in [-0.1, -0.05) is 17.7 Å². The molecule has 8 heteroatoms. The number of aromatic nitrogens is 4. The van der Waals surface area contributed by atoms with E-state index < -0.39 is 11.4 Å². The van der Waals surface area contributed by atoms with Gasteiger partial charge in [-0.2, -0.15) is 0 Å². The van der Waals surface area contributed by atoms with E-state index in [2.05, 4.69) is 15.3 Å². The Morgan fingerprint density at radius 3 is 2.96 bits per heavy atom. The molecule has 2 aliphatic rings. The third kappa shape index (κ3) is 2.67. The first kappa shape index (κ1) is 15.7. The van der Waals surface area contributed by atoms with Crippen molar-refractivity contribution in [3.05, 3.63) is 42.0 Å². The molecule has 8 nitrogen and oxygen atoms in total. The van der Waals surface area contributed by atoms with Crippen LogP contribution >= 0.6 is 0 Å². The Kier molecular flexibility index (Phi) is 3.74. The van der Waals surface area contributed by atoms with E-state index in [9.17, 15) is 14.7 Å². The van der Waals surface area contributed by atoms with Gasteiger partial charge in [0.1, 0.15) is 0 Å². The highest BCUT2D eigenvalue weighted by atomic mass is 16.4. The van der Waals surface area contributed by atoms with Crippen LogP contribution in [0.25, 0.3) is 0 Å². The van der Waals surface area contributed by atoms with Gasteiger partial charge >= 0.3 is 5.97 Å². The first-order valence-electron chi connectivity index (χ1n) is 8.41. The van der Waals surface area contributed by atoms with Crippen molar-refractivity contribution in [1.29, 1.82) is 0 Å². The van der Waals surface area contributed by atoms with Crippen molar-refractivity contribution in [3.8, 4) is 0 Å². The summed E-state index contributed by atoms with van der Waals surface area (Å²) < 4.78 is 1.57. The highest BCUT2D eigenvalue weighted by Crippen LogP contribution is 2.49. The summed E-state index contributed by atoms with van der Waals surface area (Å²) in [5.41, 5.74) is 0.294. The molecule has 1 amide bonds. The van der Waals surface area contributed by atoms with Crippen LogP contribution < -0.4 is 0 Å². The summed E-state index contributed by atoms with van der Waals surface area (Å²) in [6.45, 7) is 1.18. The molecular formula is C17H19N5O3. The lowest BCUT2D eigenvalue weighted by atomic mass is 9.81. The lowest BCUT2D eigenvalue weighted by Crippen LogP contribution is -2.37. The first-order valence-corrected chi connectivity index (χ1v) is 8.41. The number of hydrogen-bond acceptors (Lipinski definition) is 5. The van der Waals surface area contributed by atoms with E-state index in [0.717, 1.165) is 18.5 Å². The minimum Gasteiger partial charge on any atom is -0.481 e. The van der Waals surface area contributed by atoms with E-state index in [0.29, 0.717) is 19.5 Å². The van der Waals surface area contributed by atoms with Gasteiger partial charge in [0, 0.05) is 19.3 Å². The second kappa shape index (κ2) is 5.94. The fraction of sp³-hybridized carbons (Fsp3) is 0.471. The molecule has 0 radical (unpaired) electrons. The first-order chi connectivity index (χ1) is 12.1. The average molecular weight is 341 g/mol. The number of likely N-dealkylation sites (tertiary alicyclic amines) is 1. The van der Waals surface area contributed by atoms with Crippen LogP contribution in [0.5, 0.6) is 0 Å². The van der Waals surface area contributed by atoms with Crippen molar-refractivity contribution >= 4 is 11.9 Å². The minimum absolute atomic E-state index is 0.0394. The summed E-state index contributed by atoms with van der Waals surface area (Å²) in [4.78, 5) is 30.3. The van der Waals surface area contributed by atoms with E-state index in [1.54, 1.807) is 22.0 Å². The Hall–Kier alpha value is -2.77. The maximum Gasteiger partial charge on any atom is 0.311 e. The zero-order valence-corrected chi connectivity index (χ0v) is 13.7. The van der Waals surface area contributed by atoms with Crippen LogP contribution in [0.4, 0.5) is 0 Å². The Morgan fingerprint density at radius 2 is 2.24 bits per heavy atom. The van der Waals surface area contributed by atoms with Crippen LogP contribution in [-0.4, -0.2) is 55.0 Å². The summed E-state index contributed by atoms with van der Waals surface area (Å²) in [5, 5.41) is 17.6. The lowest BCUT2D eigenvalue weighted by Gasteiger charge is -2.22. The number of amides is 1. The molecule has 25 heavy (non-hydrogen) atoms. The molecule has 0 unspecified atom stereocenters. The van der Waals surface area contributed by atoms with Gasteiger partial charge in [0.05, 0.1) is 23.9 Å². The summed E-state index contributed by atoms with van der Waals surface area (Å²) in [7, 11) is 0. The normalized spacial score (nSPS) is 25.1. The number of carbonyl (C=O) groups is 2. The van der Waals surface area contributed by atoms with Crippen LogP contribution in [0, 0.1) is 11.3 Å². The molecule has 2 aromatic rings. The van der Waals surface area contributed by atoms with Crippen LogP contribution in [0.2, 0.25) is 0 Å². The van der Waals surface area contributed by atoms with Crippen molar-refractivity contribution in [1.82, 2.24) is 24.9 Å². The van der Waals surface area contributed by atoms with Gasteiger partial charge < -0.3 is 10.0 Å². The number of carbonyl (C=O) groups excluding carboxylic acids is 1. The summed E-state index contributed by atoms with van der Waals surface area (Å²) >= 11 is 0. The molecule has 0 spiro atoms. The molecule has 1 N–H and O–H groups in total. The molecule has 3 heterocycles. The highest BCUT2D eigenvalue weighted by molar-refractivity contribution is 5.93. The zero-order valence-electron chi connectivity index (χ0n) is 13.7. The molecule has 1 saturated heterocycles. The quantitative estimate of drug-likeness (QED) is 0.892. The molecule has 1 saturated carbocycles. The molecule has 2 aromatic heterocycles. The molecular weight excluding hydrogens is 322 g/mol. The van der Waals surface area contributed by atoms with E-state index >= 15 is 0 Å². The van der Waals surface area contributed by atoms with Gasteiger partial charge in [0.15, 0.2) is 5.69 Å². The van der Waals surface area contributed by atoms with Gasteiger partial charge in [0.2, 0.25) is 0 Å². The fourth-order valence-electron chi connectivity index (χ4n) is 4.09. The van der Waals surface area contributed by atoms with Crippen molar-refractivity contribution in [3.63, 3.8) is 0 Å².